The Morgan fingerprint density at radius 2 is 2.12 bits per heavy atom. The predicted octanol–water partition coefficient (Wildman–Crippen LogP) is 2.31. The second-order valence-corrected chi connectivity index (χ2v) is 3.76. The van der Waals surface area contributed by atoms with E-state index in [1.807, 2.05) is 24.3 Å². The van der Waals surface area contributed by atoms with Crippen molar-refractivity contribution in [3.8, 4) is 11.1 Å². The first-order valence-electron chi connectivity index (χ1n) is 5.04. The third kappa shape index (κ3) is 1.13. The van der Waals surface area contributed by atoms with E-state index in [0.29, 0.717) is 12.1 Å². The van der Waals surface area contributed by atoms with E-state index < -0.39 is 5.97 Å². The highest BCUT2D eigenvalue weighted by atomic mass is 16.4. The van der Waals surface area contributed by atoms with Gasteiger partial charge in [0.05, 0.1) is 12.1 Å². The summed E-state index contributed by atoms with van der Waals surface area (Å²) in [5, 5.41) is 12.4. The van der Waals surface area contributed by atoms with Gasteiger partial charge in [-0.15, -0.1) is 0 Å². The van der Waals surface area contributed by atoms with Crippen LogP contribution in [0.1, 0.15) is 16.1 Å². The molecule has 0 saturated heterocycles. The zero-order valence-corrected chi connectivity index (χ0v) is 8.45. The van der Waals surface area contributed by atoms with Crippen molar-refractivity contribution >= 4 is 11.7 Å². The Labute approximate surface area is 91.9 Å². The molecule has 2 aromatic rings. The van der Waals surface area contributed by atoms with Crippen LogP contribution in [0.3, 0.4) is 0 Å². The number of benzene rings is 1. The molecule has 1 aromatic heterocycles. The van der Waals surface area contributed by atoms with Gasteiger partial charge in [-0.2, -0.15) is 0 Å². The summed E-state index contributed by atoms with van der Waals surface area (Å²) in [4.78, 5) is 14.1. The zero-order valence-electron chi connectivity index (χ0n) is 8.45. The van der Waals surface area contributed by atoms with Gasteiger partial charge < -0.3 is 15.4 Å². The molecule has 0 fully saturated rings. The topological polar surface area (TPSA) is 65.1 Å². The highest BCUT2D eigenvalue weighted by Gasteiger charge is 2.23. The van der Waals surface area contributed by atoms with Crippen LogP contribution in [-0.4, -0.2) is 16.1 Å². The minimum absolute atomic E-state index is 0.337. The molecule has 4 heteroatoms. The number of hydrogen-bond acceptors (Lipinski definition) is 2. The number of hydrogen-bond donors (Lipinski definition) is 3. The molecule has 1 aliphatic rings. The van der Waals surface area contributed by atoms with E-state index in [2.05, 4.69) is 10.3 Å². The summed E-state index contributed by atoms with van der Waals surface area (Å²) >= 11 is 0. The lowest BCUT2D eigenvalue weighted by Crippen LogP contribution is -2.09. The number of carboxylic acids is 1. The lowest BCUT2D eigenvalue weighted by Gasteiger charge is -2.18. The van der Waals surface area contributed by atoms with E-state index in [9.17, 15) is 4.79 Å². The Kier molecular flexibility index (Phi) is 1.77. The molecule has 0 atom stereocenters. The van der Waals surface area contributed by atoms with Gasteiger partial charge in [0.1, 0.15) is 0 Å². The van der Waals surface area contributed by atoms with Crippen molar-refractivity contribution in [1.82, 2.24) is 4.98 Å². The number of aromatic amines is 1. The summed E-state index contributed by atoms with van der Waals surface area (Å²) in [7, 11) is 0. The Hall–Kier alpha value is -2.23. The number of carbonyl (C=O) groups is 1. The number of H-pyrrole nitrogens is 1. The average Bonchev–Trinajstić information content (AvgIpc) is 2.73. The number of rotatable bonds is 1. The lowest BCUT2D eigenvalue weighted by atomic mass is 9.97. The number of aromatic nitrogens is 1. The molecule has 80 valence electrons. The van der Waals surface area contributed by atoms with Crippen LogP contribution in [-0.2, 0) is 6.54 Å². The first-order chi connectivity index (χ1) is 7.77. The molecule has 0 unspecified atom stereocenters. The lowest BCUT2D eigenvalue weighted by molar-refractivity contribution is 0.0698. The maximum atomic E-state index is 11.1. The molecule has 16 heavy (non-hydrogen) atoms. The summed E-state index contributed by atoms with van der Waals surface area (Å²) in [5.41, 5.74) is 4.00. The van der Waals surface area contributed by atoms with Crippen molar-refractivity contribution in [1.29, 1.82) is 0 Å². The van der Waals surface area contributed by atoms with Crippen LogP contribution >= 0.6 is 0 Å². The van der Waals surface area contributed by atoms with Gasteiger partial charge >= 0.3 is 5.97 Å². The molecule has 4 nitrogen and oxygen atoms in total. The van der Waals surface area contributed by atoms with Crippen LogP contribution in [0, 0.1) is 0 Å². The van der Waals surface area contributed by atoms with Crippen molar-refractivity contribution in [2.45, 2.75) is 6.54 Å². The highest BCUT2D eigenvalue weighted by molar-refractivity contribution is 6.00. The monoisotopic (exact) mass is 214 g/mol. The van der Waals surface area contributed by atoms with Crippen molar-refractivity contribution in [3.63, 3.8) is 0 Å². The number of aromatic carboxylic acids is 1. The SMILES string of the molecule is O=C(O)c1c[nH]c2c1-c1ccccc1NC2. The summed E-state index contributed by atoms with van der Waals surface area (Å²) in [6.07, 6.45) is 1.55. The summed E-state index contributed by atoms with van der Waals surface area (Å²) < 4.78 is 0. The Balaban J connectivity index is 2.29. The highest BCUT2D eigenvalue weighted by Crippen LogP contribution is 2.37. The number of fused-ring (bicyclic) bond motifs is 3. The summed E-state index contributed by atoms with van der Waals surface area (Å²) in [6, 6.07) is 7.73. The molecular formula is C12H10N2O2. The molecule has 0 spiro atoms. The van der Waals surface area contributed by atoms with Gasteiger partial charge in [-0.1, -0.05) is 18.2 Å². The molecule has 3 rings (SSSR count). The van der Waals surface area contributed by atoms with Crippen LogP contribution in [0.25, 0.3) is 11.1 Å². The molecule has 2 heterocycles. The van der Waals surface area contributed by atoms with E-state index >= 15 is 0 Å². The second kappa shape index (κ2) is 3.13. The third-order valence-electron chi connectivity index (χ3n) is 2.84. The van der Waals surface area contributed by atoms with Crippen molar-refractivity contribution in [2.75, 3.05) is 5.32 Å². The second-order valence-electron chi connectivity index (χ2n) is 3.76. The molecule has 3 N–H and O–H groups in total. The Bertz CT molecular complexity index is 572. The van der Waals surface area contributed by atoms with Crippen molar-refractivity contribution in [2.24, 2.45) is 0 Å². The maximum Gasteiger partial charge on any atom is 0.337 e. The Morgan fingerprint density at radius 1 is 1.31 bits per heavy atom. The van der Waals surface area contributed by atoms with Crippen LogP contribution in [0.15, 0.2) is 30.5 Å². The van der Waals surface area contributed by atoms with Crippen molar-refractivity contribution < 1.29 is 9.90 Å². The summed E-state index contributed by atoms with van der Waals surface area (Å²) in [6.45, 7) is 0.639. The van der Waals surface area contributed by atoms with Gasteiger partial charge in [-0.3, -0.25) is 0 Å². The molecule has 0 aliphatic carbocycles. The molecule has 0 saturated carbocycles. The van der Waals surface area contributed by atoms with Crippen LogP contribution in [0.2, 0.25) is 0 Å². The molecule has 1 aliphatic heterocycles. The third-order valence-corrected chi connectivity index (χ3v) is 2.84. The minimum atomic E-state index is -0.894. The van der Waals surface area contributed by atoms with Gasteiger partial charge in [0, 0.05) is 28.7 Å². The molecule has 1 aromatic carbocycles. The molecular weight excluding hydrogens is 204 g/mol. The fraction of sp³-hybridized carbons (Fsp3) is 0.0833. The largest absolute Gasteiger partial charge is 0.478 e. The van der Waals surface area contributed by atoms with Crippen LogP contribution in [0.5, 0.6) is 0 Å². The van der Waals surface area contributed by atoms with Gasteiger partial charge in [0.15, 0.2) is 0 Å². The van der Waals surface area contributed by atoms with Gasteiger partial charge in [-0.25, -0.2) is 4.79 Å². The fourth-order valence-electron chi connectivity index (χ4n) is 2.12. The van der Waals surface area contributed by atoms with E-state index in [1.165, 1.54) is 0 Å². The Morgan fingerprint density at radius 3 is 2.94 bits per heavy atom. The predicted molar refractivity (Wildman–Crippen MR) is 60.5 cm³/mol. The standard InChI is InChI=1S/C12H10N2O2/c15-12(16)8-5-13-10-6-14-9-4-2-1-3-7(9)11(8)10/h1-5,13-14H,6H2,(H,15,16). The van der Waals surface area contributed by atoms with Gasteiger partial charge in [-0.05, 0) is 6.07 Å². The maximum absolute atomic E-state index is 11.1. The quantitative estimate of drug-likeness (QED) is 0.682. The van der Waals surface area contributed by atoms with Crippen molar-refractivity contribution in [3.05, 3.63) is 41.7 Å². The number of nitrogens with one attached hydrogen (secondary N) is 2. The number of carboxylic acid groups (broad SMARTS) is 1. The van der Waals surface area contributed by atoms with E-state index in [-0.39, 0.29) is 0 Å². The first-order valence-corrected chi connectivity index (χ1v) is 5.04. The molecule has 0 bridgehead atoms. The number of para-hydroxylation sites is 1. The zero-order chi connectivity index (χ0) is 11.1. The van der Waals surface area contributed by atoms with Gasteiger partial charge in [0.25, 0.3) is 0 Å². The fourth-order valence-corrected chi connectivity index (χ4v) is 2.12. The van der Waals surface area contributed by atoms with Crippen LogP contribution < -0.4 is 5.32 Å². The van der Waals surface area contributed by atoms with E-state index in [4.69, 9.17) is 5.11 Å². The smallest absolute Gasteiger partial charge is 0.337 e. The molecule has 0 radical (unpaired) electrons. The van der Waals surface area contributed by atoms with E-state index in [0.717, 1.165) is 22.5 Å². The van der Waals surface area contributed by atoms with E-state index in [1.54, 1.807) is 6.20 Å². The number of anilines is 1. The van der Waals surface area contributed by atoms with Gasteiger partial charge in [0.2, 0.25) is 0 Å². The average molecular weight is 214 g/mol. The minimum Gasteiger partial charge on any atom is -0.478 e. The van der Waals surface area contributed by atoms with Crippen LogP contribution in [0.4, 0.5) is 5.69 Å². The normalized spacial score (nSPS) is 12.5. The summed E-state index contributed by atoms with van der Waals surface area (Å²) in [5.74, 6) is -0.894. The first kappa shape index (κ1) is 9.03. The molecule has 0 amide bonds.